The van der Waals surface area contributed by atoms with Crippen LogP contribution in [0.2, 0.25) is 0 Å². The summed E-state index contributed by atoms with van der Waals surface area (Å²) in [6, 6.07) is 3.34. The molecule has 0 radical (unpaired) electrons. The van der Waals surface area contributed by atoms with Crippen molar-refractivity contribution in [3.63, 3.8) is 0 Å². The molecule has 0 saturated heterocycles. The van der Waals surface area contributed by atoms with Gasteiger partial charge in [-0.1, -0.05) is 12.8 Å². The van der Waals surface area contributed by atoms with Gasteiger partial charge in [-0.25, -0.2) is 13.8 Å². The highest BCUT2D eigenvalue weighted by Crippen LogP contribution is 2.37. The number of rotatable bonds is 2. The Morgan fingerprint density at radius 1 is 1.25 bits per heavy atom. The molecule has 1 saturated carbocycles. The van der Waals surface area contributed by atoms with E-state index in [1.54, 1.807) is 4.57 Å². The van der Waals surface area contributed by atoms with Crippen LogP contribution >= 0.6 is 0 Å². The average Bonchev–Trinajstić information content (AvgIpc) is 3.04. The van der Waals surface area contributed by atoms with Gasteiger partial charge in [0.05, 0.1) is 0 Å². The largest absolute Gasteiger partial charge is 0.383 e. The molecule has 106 valence electrons. The Bertz CT molecular complexity index is 643. The van der Waals surface area contributed by atoms with Gasteiger partial charge in [0.15, 0.2) is 0 Å². The van der Waals surface area contributed by atoms with Gasteiger partial charge in [-0.05, 0) is 31.0 Å². The molecule has 1 aromatic heterocycles. The minimum Gasteiger partial charge on any atom is -0.383 e. The standard InChI is InChI=1S/C15H17F2N3/c1-20-14(18)13(11-8-10(16)6-7-12(11)17)19-15(20)9-4-2-3-5-9/h6-9H,2-5,18H2,1H3. The zero-order valence-electron chi connectivity index (χ0n) is 11.4. The van der Waals surface area contributed by atoms with E-state index in [2.05, 4.69) is 4.98 Å². The first kappa shape index (κ1) is 13.1. The Labute approximate surface area is 116 Å². The van der Waals surface area contributed by atoms with Crippen LogP contribution in [0.15, 0.2) is 18.2 Å². The zero-order valence-corrected chi connectivity index (χ0v) is 11.4. The van der Waals surface area contributed by atoms with Crippen molar-refractivity contribution in [1.29, 1.82) is 0 Å². The normalized spacial score (nSPS) is 15.9. The lowest BCUT2D eigenvalue weighted by Gasteiger charge is -2.08. The van der Waals surface area contributed by atoms with Crippen molar-refractivity contribution >= 4 is 5.82 Å². The smallest absolute Gasteiger partial charge is 0.132 e. The van der Waals surface area contributed by atoms with Crippen molar-refractivity contribution in [2.24, 2.45) is 7.05 Å². The van der Waals surface area contributed by atoms with E-state index in [1.807, 2.05) is 7.05 Å². The third-order valence-corrected chi connectivity index (χ3v) is 4.08. The number of nitrogens with two attached hydrogens (primary N) is 1. The molecule has 1 fully saturated rings. The number of anilines is 1. The first-order chi connectivity index (χ1) is 9.58. The molecule has 2 N–H and O–H groups in total. The quantitative estimate of drug-likeness (QED) is 0.911. The maximum Gasteiger partial charge on any atom is 0.132 e. The van der Waals surface area contributed by atoms with E-state index in [-0.39, 0.29) is 5.56 Å². The molecule has 1 aromatic carbocycles. The molecule has 1 aliphatic carbocycles. The molecular formula is C15H17F2N3. The number of halogens is 2. The fraction of sp³-hybridized carbons (Fsp3) is 0.400. The summed E-state index contributed by atoms with van der Waals surface area (Å²) >= 11 is 0. The molecular weight excluding hydrogens is 260 g/mol. The Morgan fingerprint density at radius 2 is 1.95 bits per heavy atom. The Morgan fingerprint density at radius 3 is 2.65 bits per heavy atom. The van der Waals surface area contributed by atoms with Gasteiger partial charge >= 0.3 is 0 Å². The predicted molar refractivity (Wildman–Crippen MR) is 74.2 cm³/mol. The fourth-order valence-corrected chi connectivity index (χ4v) is 2.96. The monoisotopic (exact) mass is 277 g/mol. The van der Waals surface area contributed by atoms with E-state index >= 15 is 0 Å². The first-order valence-corrected chi connectivity index (χ1v) is 6.85. The topological polar surface area (TPSA) is 43.8 Å². The van der Waals surface area contributed by atoms with Crippen LogP contribution in [0.1, 0.15) is 37.4 Å². The molecule has 0 aliphatic heterocycles. The van der Waals surface area contributed by atoms with Gasteiger partial charge in [-0.3, -0.25) is 0 Å². The van der Waals surface area contributed by atoms with E-state index in [0.717, 1.165) is 36.9 Å². The first-order valence-electron chi connectivity index (χ1n) is 6.85. The van der Waals surface area contributed by atoms with Crippen LogP contribution in [0.25, 0.3) is 11.3 Å². The molecule has 5 heteroatoms. The van der Waals surface area contributed by atoms with Gasteiger partial charge in [0.2, 0.25) is 0 Å². The predicted octanol–water partition coefficient (Wildman–Crippen LogP) is 3.61. The number of hydrogen-bond acceptors (Lipinski definition) is 2. The second kappa shape index (κ2) is 4.89. The van der Waals surface area contributed by atoms with E-state index < -0.39 is 11.6 Å². The fourth-order valence-electron chi connectivity index (χ4n) is 2.96. The van der Waals surface area contributed by atoms with Crippen molar-refractivity contribution in [2.45, 2.75) is 31.6 Å². The third kappa shape index (κ3) is 2.07. The summed E-state index contributed by atoms with van der Waals surface area (Å²) in [4.78, 5) is 4.49. The van der Waals surface area contributed by atoms with Gasteiger partial charge in [-0.15, -0.1) is 0 Å². The van der Waals surface area contributed by atoms with Crippen LogP contribution in [0.3, 0.4) is 0 Å². The highest BCUT2D eigenvalue weighted by Gasteiger charge is 2.25. The number of hydrogen-bond donors (Lipinski definition) is 1. The average molecular weight is 277 g/mol. The Hall–Kier alpha value is -1.91. The van der Waals surface area contributed by atoms with Crippen LogP contribution in [0.5, 0.6) is 0 Å². The molecule has 2 aromatic rings. The van der Waals surface area contributed by atoms with Gasteiger partial charge in [-0.2, -0.15) is 0 Å². The summed E-state index contributed by atoms with van der Waals surface area (Å²) in [6.45, 7) is 0. The lowest BCUT2D eigenvalue weighted by atomic mass is 10.1. The van der Waals surface area contributed by atoms with Crippen molar-refractivity contribution < 1.29 is 8.78 Å². The van der Waals surface area contributed by atoms with E-state index in [1.165, 1.54) is 12.8 Å². The van der Waals surface area contributed by atoms with Gasteiger partial charge < -0.3 is 10.3 Å². The lowest BCUT2D eigenvalue weighted by Crippen LogP contribution is -2.05. The van der Waals surface area contributed by atoms with Crippen molar-refractivity contribution in [1.82, 2.24) is 9.55 Å². The molecule has 0 amide bonds. The van der Waals surface area contributed by atoms with Crippen LogP contribution in [-0.4, -0.2) is 9.55 Å². The molecule has 1 heterocycles. The molecule has 0 bridgehead atoms. The summed E-state index contributed by atoms with van der Waals surface area (Å²) in [6.07, 6.45) is 4.52. The summed E-state index contributed by atoms with van der Waals surface area (Å²) in [5.74, 6) is 0.630. The minimum absolute atomic E-state index is 0.127. The number of aromatic nitrogens is 2. The van der Waals surface area contributed by atoms with Crippen LogP contribution < -0.4 is 5.73 Å². The van der Waals surface area contributed by atoms with Gasteiger partial charge in [0, 0.05) is 18.5 Å². The van der Waals surface area contributed by atoms with Crippen molar-refractivity contribution in [3.8, 4) is 11.3 Å². The second-order valence-electron chi connectivity index (χ2n) is 5.37. The maximum absolute atomic E-state index is 13.9. The second-order valence-corrected chi connectivity index (χ2v) is 5.37. The van der Waals surface area contributed by atoms with Crippen molar-refractivity contribution in [3.05, 3.63) is 35.7 Å². The molecule has 20 heavy (non-hydrogen) atoms. The van der Waals surface area contributed by atoms with E-state index in [0.29, 0.717) is 17.4 Å². The lowest BCUT2D eigenvalue weighted by molar-refractivity contribution is 0.602. The SMILES string of the molecule is Cn1c(C2CCCC2)nc(-c2cc(F)ccc2F)c1N. The maximum atomic E-state index is 13.9. The highest BCUT2D eigenvalue weighted by atomic mass is 19.1. The summed E-state index contributed by atoms with van der Waals surface area (Å²) < 4.78 is 29.0. The van der Waals surface area contributed by atoms with Gasteiger partial charge in [0.1, 0.15) is 29.0 Å². The Kier molecular flexibility index (Phi) is 3.20. The summed E-state index contributed by atoms with van der Waals surface area (Å²) in [5, 5.41) is 0. The van der Waals surface area contributed by atoms with Crippen molar-refractivity contribution in [2.75, 3.05) is 5.73 Å². The van der Waals surface area contributed by atoms with Crippen LogP contribution in [0.4, 0.5) is 14.6 Å². The summed E-state index contributed by atoms with van der Waals surface area (Å²) in [5.41, 5.74) is 6.50. The molecule has 3 rings (SSSR count). The van der Waals surface area contributed by atoms with E-state index in [9.17, 15) is 8.78 Å². The number of nitrogen functional groups attached to an aromatic ring is 1. The number of benzene rings is 1. The number of nitrogens with zero attached hydrogens (tertiary/aromatic N) is 2. The van der Waals surface area contributed by atoms with Crippen LogP contribution in [0, 0.1) is 11.6 Å². The molecule has 0 unspecified atom stereocenters. The molecule has 0 spiro atoms. The minimum atomic E-state index is -0.505. The van der Waals surface area contributed by atoms with Gasteiger partial charge in [0.25, 0.3) is 0 Å². The van der Waals surface area contributed by atoms with E-state index in [4.69, 9.17) is 5.73 Å². The highest BCUT2D eigenvalue weighted by molar-refractivity contribution is 5.71. The van der Waals surface area contributed by atoms with Crippen LogP contribution in [-0.2, 0) is 7.05 Å². The zero-order chi connectivity index (χ0) is 14.3. The number of imidazole rings is 1. The molecule has 1 aliphatic rings. The third-order valence-electron chi connectivity index (χ3n) is 4.08. The summed E-state index contributed by atoms with van der Waals surface area (Å²) in [7, 11) is 1.83. The Balaban J connectivity index is 2.10. The molecule has 3 nitrogen and oxygen atoms in total. The molecule has 0 atom stereocenters.